The van der Waals surface area contributed by atoms with Crippen molar-refractivity contribution in [1.82, 2.24) is 4.90 Å². The summed E-state index contributed by atoms with van der Waals surface area (Å²) in [4.78, 5) is 16.0. The van der Waals surface area contributed by atoms with Gasteiger partial charge in [0.25, 0.3) is 0 Å². The Balaban J connectivity index is 1.91. The molecule has 1 aromatic rings. The Morgan fingerprint density at radius 3 is 2.83 bits per heavy atom. The van der Waals surface area contributed by atoms with E-state index in [-0.39, 0.29) is 12.0 Å². The highest BCUT2D eigenvalue weighted by Crippen LogP contribution is 2.12. The van der Waals surface area contributed by atoms with E-state index in [2.05, 4.69) is 0 Å². The van der Waals surface area contributed by atoms with Crippen LogP contribution < -0.4 is 4.90 Å². The lowest BCUT2D eigenvalue weighted by Gasteiger charge is -2.32. The Morgan fingerprint density at radius 1 is 1.44 bits per heavy atom. The second-order valence-electron chi connectivity index (χ2n) is 4.71. The summed E-state index contributed by atoms with van der Waals surface area (Å²) in [5, 5.41) is 0. The van der Waals surface area contributed by atoms with Gasteiger partial charge in [-0.05, 0) is 19.1 Å². The highest BCUT2D eigenvalue weighted by Gasteiger charge is 2.22. The first-order valence-corrected chi connectivity index (χ1v) is 6.32. The lowest BCUT2D eigenvalue weighted by Crippen LogP contribution is -2.47. The number of benzene rings is 1. The number of ether oxygens (including phenoxy) is 1. The van der Waals surface area contributed by atoms with E-state index in [0.29, 0.717) is 26.2 Å². The Kier molecular flexibility index (Phi) is 4.20. The van der Waals surface area contributed by atoms with Crippen molar-refractivity contribution in [2.24, 2.45) is 0 Å². The first-order chi connectivity index (χ1) is 8.66. The monoisotopic (exact) mass is 248 g/mol. The standard InChI is InChI=1S/C14H20N2O2/c1-12-10-16(8-9-18-12)14(17)11-15(2)13-6-4-3-5-7-13/h3-7,12H,8-11H2,1-2H3. The van der Waals surface area contributed by atoms with Crippen LogP contribution in [-0.4, -0.2) is 50.2 Å². The summed E-state index contributed by atoms with van der Waals surface area (Å²) in [5.74, 6) is 0.163. The zero-order valence-corrected chi connectivity index (χ0v) is 11.0. The maximum atomic E-state index is 12.2. The van der Waals surface area contributed by atoms with Crippen LogP contribution in [0.25, 0.3) is 0 Å². The van der Waals surface area contributed by atoms with Crippen molar-refractivity contribution in [3.8, 4) is 0 Å². The molecule has 1 unspecified atom stereocenters. The third-order valence-corrected chi connectivity index (χ3v) is 3.16. The van der Waals surface area contributed by atoms with Crippen molar-refractivity contribution < 1.29 is 9.53 Å². The maximum absolute atomic E-state index is 12.2. The molecule has 0 aromatic heterocycles. The largest absolute Gasteiger partial charge is 0.375 e. The summed E-state index contributed by atoms with van der Waals surface area (Å²) >= 11 is 0. The van der Waals surface area contributed by atoms with Gasteiger partial charge in [-0.25, -0.2) is 0 Å². The fourth-order valence-corrected chi connectivity index (χ4v) is 2.12. The van der Waals surface area contributed by atoms with Gasteiger partial charge in [-0.15, -0.1) is 0 Å². The van der Waals surface area contributed by atoms with Gasteiger partial charge in [0.15, 0.2) is 0 Å². The molecule has 1 atom stereocenters. The number of hydrogen-bond donors (Lipinski definition) is 0. The van der Waals surface area contributed by atoms with Gasteiger partial charge in [0.1, 0.15) is 0 Å². The van der Waals surface area contributed by atoms with Gasteiger partial charge in [0.2, 0.25) is 5.91 Å². The first kappa shape index (κ1) is 12.9. The van der Waals surface area contributed by atoms with E-state index >= 15 is 0 Å². The summed E-state index contributed by atoms with van der Waals surface area (Å²) < 4.78 is 5.44. The molecular formula is C14H20N2O2. The molecule has 1 aliphatic rings. The van der Waals surface area contributed by atoms with Gasteiger partial charge in [0, 0.05) is 25.8 Å². The molecular weight excluding hydrogens is 228 g/mol. The average Bonchev–Trinajstić information content (AvgIpc) is 2.39. The highest BCUT2D eigenvalue weighted by atomic mass is 16.5. The lowest BCUT2D eigenvalue weighted by molar-refractivity contribution is -0.136. The number of nitrogens with zero attached hydrogens (tertiary/aromatic N) is 2. The van der Waals surface area contributed by atoms with Gasteiger partial charge >= 0.3 is 0 Å². The smallest absolute Gasteiger partial charge is 0.242 e. The van der Waals surface area contributed by atoms with E-state index in [4.69, 9.17) is 4.74 Å². The SMILES string of the molecule is CC1CN(C(=O)CN(C)c2ccccc2)CCO1. The number of likely N-dealkylation sites (N-methyl/N-ethyl adjacent to an activating group) is 1. The second-order valence-corrected chi connectivity index (χ2v) is 4.71. The van der Waals surface area contributed by atoms with E-state index in [1.54, 1.807) is 0 Å². The molecule has 2 rings (SSSR count). The minimum atomic E-state index is 0.143. The van der Waals surface area contributed by atoms with Crippen LogP contribution in [0.4, 0.5) is 5.69 Å². The van der Waals surface area contributed by atoms with Gasteiger partial charge in [-0.2, -0.15) is 0 Å². The molecule has 0 bridgehead atoms. The number of carbonyl (C=O) groups excluding carboxylic acids is 1. The molecule has 1 aliphatic heterocycles. The van der Waals surface area contributed by atoms with Crippen LogP contribution >= 0.6 is 0 Å². The normalized spacial score (nSPS) is 19.7. The molecule has 0 saturated carbocycles. The number of para-hydroxylation sites is 1. The van der Waals surface area contributed by atoms with Crippen LogP contribution in [0.5, 0.6) is 0 Å². The topological polar surface area (TPSA) is 32.8 Å². The van der Waals surface area contributed by atoms with Gasteiger partial charge in [-0.1, -0.05) is 18.2 Å². The minimum Gasteiger partial charge on any atom is -0.375 e. The van der Waals surface area contributed by atoms with Crippen molar-refractivity contribution in [2.45, 2.75) is 13.0 Å². The summed E-state index contributed by atoms with van der Waals surface area (Å²) in [6, 6.07) is 9.95. The molecule has 4 heteroatoms. The molecule has 1 amide bonds. The van der Waals surface area contributed by atoms with Crippen LogP contribution in [0.3, 0.4) is 0 Å². The molecule has 0 aliphatic carbocycles. The van der Waals surface area contributed by atoms with E-state index in [1.807, 2.05) is 54.1 Å². The van der Waals surface area contributed by atoms with Crippen LogP contribution in [0.15, 0.2) is 30.3 Å². The first-order valence-electron chi connectivity index (χ1n) is 6.32. The Bertz CT molecular complexity index is 394. The average molecular weight is 248 g/mol. The van der Waals surface area contributed by atoms with Crippen LogP contribution in [-0.2, 0) is 9.53 Å². The number of hydrogen-bond acceptors (Lipinski definition) is 3. The minimum absolute atomic E-state index is 0.143. The molecule has 4 nitrogen and oxygen atoms in total. The number of amides is 1. The third-order valence-electron chi connectivity index (χ3n) is 3.16. The Morgan fingerprint density at radius 2 is 2.17 bits per heavy atom. The quantitative estimate of drug-likeness (QED) is 0.810. The molecule has 1 aromatic carbocycles. The van der Waals surface area contributed by atoms with Crippen molar-refractivity contribution in [1.29, 1.82) is 0 Å². The van der Waals surface area contributed by atoms with E-state index < -0.39 is 0 Å². The van der Waals surface area contributed by atoms with Gasteiger partial charge < -0.3 is 14.5 Å². The summed E-state index contributed by atoms with van der Waals surface area (Å²) in [6.07, 6.45) is 0.143. The zero-order valence-electron chi connectivity index (χ0n) is 11.0. The molecule has 0 radical (unpaired) electrons. The Hall–Kier alpha value is -1.55. The molecule has 1 fully saturated rings. The molecule has 1 saturated heterocycles. The predicted octanol–water partition coefficient (Wildman–Crippen LogP) is 1.37. The summed E-state index contributed by atoms with van der Waals surface area (Å²) in [5.41, 5.74) is 1.06. The molecule has 1 heterocycles. The molecule has 0 spiro atoms. The lowest BCUT2D eigenvalue weighted by atomic mass is 10.2. The molecule has 18 heavy (non-hydrogen) atoms. The van der Waals surface area contributed by atoms with Crippen molar-refractivity contribution >= 4 is 11.6 Å². The van der Waals surface area contributed by atoms with Crippen molar-refractivity contribution in [3.63, 3.8) is 0 Å². The number of rotatable bonds is 3. The number of carbonyl (C=O) groups is 1. The predicted molar refractivity (Wildman–Crippen MR) is 71.7 cm³/mol. The second kappa shape index (κ2) is 5.87. The van der Waals surface area contributed by atoms with Gasteiger partial charge in [0.05, 0.1) is 19.3 Å². The van der Waals surface area contributed by atoms with Crippen LogP contribution in [0, 0.1) is 0 Å². The van der Waals surface area contributed by atoms with E-state index in [9.17, 15) is 4.79 Å². The van der Waals surface area contributed by atoms with Crippen molar-refractivity contribution in [3.05, 3.63) is 30.3 Å². The van der Waals surface area contributed by atoms with Crippen molar-refractivity contribution in [2.75, 3.05) is 38.2 Å². The third kappa shape index (κ3) is 3.23. The fraction of sp³-hybridized carbons (Fsp3) is 0.500. The molecule has 0 N–H and O–H groups in total. The van der Waals surface area contributed by atoms with Gasteiger partial charge in [-0.3, -0.25) is 4.79 Å². The summed E-state index contributed by atoms with van der Waals surface area (Å²) in [7, 11) is 1.94. The maximum Gasteiger partial charge on any atom is 0.242 e. The highest BCUT2D eigenvalue weighted by molar-refractivity contribution is 5.81. The number of anilines is 1. The van der Waals surface area contributed by atoms with E-state index in [1.165, 1.54) is 0 Å². The van der Waals surface area contributed by atoms with E-state index in [0.717, 1.165) is 5.69 Å². The van der Waals surface area contributed by atoms with Crippen LogP contribution in [0.2, 0.25) is 0 Å². The Labute approximate surface area is 108 Å². The summed E-state index contributed by atoms with van der Waals surface area (Å²) in [6.45, 7) is 4.45. The van der Waals surface area contributed by atoms with Crippen LogP contribution in [0.1, 0.15) is 6.92 Å². The number of morpholine rings is 1. The molecule has 98 valence electrons. The fourth-order valence-electron chi connectivity index (χ4n) is 2.12. The zero-order chi connectivity index (χ0) is 13.0.